The Labute approximate surface area is 106 Å². The summed E-state index contributed by atoms with van der Waals surface area (Å²) in [5.41, 5.74) is 3.56. The first-order valence-electron chi connectivity index (χ1n) is 6.12. The van der Waals surface area contributed by atoms with Crippen LogP contribution in [0.3, 0.4) is 0 Å². The lowest BCUT2D eigenvalue weighted by Crippen LogP contribution is -2.16. The molecule has 1 rings (SSSR count). The van der Waals surface area contributed by atoms with Crippen LogP contribution in [-0.4, -0.2) is 13.9 Å². The molecule has 1 unspecified atom stereocenters. The van der Waals surface area contributed by atoms with E-state index in [9.17, 15) is 4.79 Å². The third-order valence-corrected chi connectivity index (χ3v) is 3.76. The summed E-state index contributed by atoms with van der Waals surface area (Å²) in [6, 6.07) is 10.3. The van der Waals surface area contributed by atoms with E-state index in [0.29, 0.717) is 6.42 Å². The zero-order valence-electron chi connectivity index (χ0n) is 11.2. The number of carbonyl (C=O) groups excluding carboxylic acids is 1. The summed E-state index contributed by atoms with van der Waals surface area (Å²) >= 11 is 0. The van der Waals surface area contributed by atoms with Crippen LogP contribution in [0.5, 0.6) is 0 Å². The normalized spacial score (nSPS) is 13.9. The Morgan fingerprint density at radius 1 is 1.24 bits per heavy atom. The Morgan fingerprint density at radius 2 is 1.82 bits per heavy atom. The molecule has 92 valence electrons. The molecule has 0 amide bonds. The first kappa shape index (κ1) is 13.9. The Kier molecular flexibility index (Phi) is 4.88. The van der Waals surface area contributed by atoms with E-state index in [2.05, 4.69) is 43.5 Å². The van der Waals surface area contributed by atoms with Gasteiger partial charge in [-0.25, -0.2) is 0 Å². The molecule has 0 bridgehead atoms. The minimum atomic E-state index is -1.20. The van der Waals surface area contributed by atoms with Crippen LogP contribution in [0.1, 0.15) is 24.8 Å². The van der Waals surface area contributed by atoms with Crippen LogP contribution in [0.4, 0.5) is 0 Å². The van der Waals surface area contributed by atoms with Gasteiger partial charge in [0.25, 0.3) is 0 Å². The van der Waals surface area contributed by atoms with Crippen molar-refractivity contribution in [3.8, 4) is 0 Å². The van der Waals surface area contributed by atoms with Gasteiger partial charge in [0.2, 0.25) is 0 Å². The van der Waals surface area contributed by atoms with E-state index in [4.69, 9.17) is 0 Å². The van der Waals surface area contributed by atoms with E-state index in [0.717, 1.165) is 0 Å². The van der Waals surface area contributed by atoms with Gasteiger partial charge in [0.15, 0.2) is 0 Å². The third kappa shape index (κ3) is 5.64. The van der Waals surface area contributed by atoms with Crippen molar-refractivity contribution >= 4 is 13.9 Å². The highest BCUT2D eigenvalue weighted by molar-refractivity contribution is 6.80. The summed E-state index contributed by atoms with van der Waals surface area (Å²) in [4.78, 5) is 11.3. The number of hydrogen-bond acceptors (Lipinski definition) is 1. The predicted octanol–water partition coefficient (Wildman–Crippen LogP) is 4.18. The zero-order chi connectivity index (χ0) is 12.9. The van der Waals surface area contributed by atoms with Crippen LogP contribution >= 0.6 is 0 Å². The fraction of sp³-hybridized carbons (Fsp3) is 0.400. The number of allylic oxidation sites excluding steroid dienone is 1. The molecule has 0 aliphatic heterocycles. The SMILES string of the molecule is CC(=O)CC(/C=C/[Si](C)(C)C)c1ccccc1. The van der Waals surface area contributed by atoms with Crippen molar-refractivity contribution in [3.63, 3.8) is 0 Å². The van der Waals surface area contributed by atoms with E-state index in [1.807, 2.05) is 18.2 Å². The highest BCUT2D eigenvalue weighted by Gasteiger charge is 2.13. The second-order valence-electron chi connectivity index (χ2n) is 5.65. The molecule has 1 nitrogen and oxygen atoms in total. The van der Waals surface area contributed by atoms with Gasteiger partial charge in [-0.3, -0.25) is 4.79 Å². The average molecular weight is 246 g/mol. The molecule has 1 atom stereocenters. The maximum Gasteiger partial charge on any atom is 0.130 e. The standard InChI is InChI=1S/C15H22OSi/c1-13(16)12-15(10-11-17(2,3)4)14-8-6-5-7-9-14/h5-11,15H,12H2,1-4H3/b11-10+. The third-order valence-electron chi connectivity index (χ3n) is 2.56. The van der Waals surface area contributed by atoms with E-state index in [-0.39, 0.29) is 11.7 Å². The van der Waals surface area contributed by atoms with Crippen molar-refractivity contribution < 1.29 is 4.79 Å². The first-order chi connectivity index (χ1) is 7.88. The van der Waals surface area contributed by atoms with Crippen LogP contribution in [-0.2, 0) is 4.79 Å². The number of rotatable bonds is 5. The molecule has 17 heavy (non-hydrogen) atoms. The second kappa shape index (κ2) is 5.96. The molecule has 0 radical (unpaired) electrons. The van der Waals surface area contributed by atoms with Gasteiger partial charge < -0.3 is 0 Å². The quantitative estimate of drug-likeness (QED) is 0.712. The molecule has 0 N–H and O–H groups in total. The molecular weight excluding hydrogens is 224 g/mol. The van der Waals surface area contributed by atoms with Crippen molar-refractivity contribution in [2.75, 3.05) is 0 Å². The molecule has 2 heteroatoms. The minimum Gasteiger partial charge on any atom is -0.300 e. The molecule has 0 saturated carbocycles. The summed E-state index contributed by atoms with van der Waals surface area (Å²) in [7, 11) is -1.20. The number of carbonyl (C=O) groups is 1. The van der Waals surface area contributed by atoms with Crippen LogP contribution in [0, 0.1) is 0 Å². The smallest absolute Gasteiger partial charge is 0.130 e. The molecule has 0 aliphatic rings. The fourth-order valence-electron chi connectivity index (χ4n) is 1.71. The predicted molar refractivity (Wildman–Crippen MR) is 77.0 cm³/mol. The lowest BCUT2D eigenvalue weighted by Gasteiger charge is -2.14. The van der Waals surface area contributed by atoms with Crippen molar-refractivity contribution in [2.24, 2.45) is 0 Å². The lowest BCUT2D eigenvalue weighted by atomic mass is 9.94. The van der Waals surface area contributed by atoms with Crippen LogP contribution in [0.15, 0.2) is 42.1 Å². The summed E-state index contributed by atoms with van der Waals surface area (Å²) in [5, 5.41) is 0. The van der Waals surface area contributed by atoms with Gasteiger partial charge in [-0.1, -0.05) is 61.7 Å². The van der Waals surface area contributed by atoms with Gasteiger partial charge in [-0.05, 0) is 12.5 Å². The molecule has 0 fully saturated rings. The molecule has 0 aliphatic carbocycles. The topological polar surface area (TPSA) is 17.1 Å². The highest BCUT2D eigenvalue weighted by Crippen LogP contribution is 2.22. The Hall–Kier alpha value is -1.15. The minimum absolute atomic E-state index is 0.237. The molecule has 1 aromatic rings. The molecule has 0 aromatic heterocycles. The zero-order valence-corrected chi connectivity index (χ0v) is 12.2. The van der Waals surface area contributed by atoms with Gasteiger partial charge in [-0.15, -0.1) is 0 Å². The van der Waals surface area contributed by atoms with Crippen molar-refractivity contribution in [1.29, 1.82) is 0 Å². The van der Waals surface area contributed by atoms with Gasteiger partial charge in [0.1, 0.15) is 5.78 Å². The monoisotopic (exact) mass is 246 g/mol. The summed E-state index contributed by atoms with van der Waals surface area (Å²) in [5.74, 6) is 0.486. The largest absolute Gasteiger partial charge is 0.300 e. The molecule has 0 heterocycles. The van der Waals surface area contributed by atoms with Crippen molar-refractivity contribution in [2.45, 2.75) is 38.9 Å². The number of benzene rings is 1. The lowest BCUT2D eigenvalue weighted by molar-refractivity contribution is -0.117. The van der Waals surface area contributed by atoms with E-state index in [1.165, 1.54) is 5.56 Å². The molecular formula is C15H22OSi. The van der Waals surface area contributed by atoms with E-state index in [1.54, 1.807) is 6.92 Å². The van der Waals surface area contributed by atoms with Gasteiger partial charge in [-0.2, -0.15) is 0 Å². The first-order valence-corrected chi connectivity index (χ1v) is 9.70. The molecule has 0 saturated heterocycles. The summed E-state index contributed by atoms with van der Waals surface area (Å²) < 4.78 is 0. The summed E-state index contributed by atoms with van der Waals surface area (Å²) in [6.07, 6.45) is 2.83. The van der Waals surface area contributed by atoms with E-state index >= 15 is 0 Å². The van der Waals surface area contributed by atoms with Crippen LogP contribution < -0.4 is 0 Å². The highest BCUT2D eigenvalue weighted by atomic mass is 28.3. The Bertz CT molecular complexity index is 387. The molecule has 0 spiro atoms. The van der Waals surface area contributed by atoms with Gasteiger partial charge >= 0.3 is 0 Å². The Balaban J connectivity index is 2.89. The average Bonchev–Trinajstić information content (AvgIpc) is 2.24. The fourth-order valence-corrected chi connectivity index (χ4v) is 2.52. The van der Waals surface area contributed by atoms with Crippen molar-refractivity contribution in [1.82, 2.24) is 0 Å². The summed E-state index contributed by atoms with van der Waals surface area (Å²) in [6.45, 7) is 8.58. The van der Waals surface area contributed by atoms with E-state index < -0.39 is 8.07 Å². The van der Waals surface area contributed by atoms with Crippen LogP contribution in [0.2, 0.25) is 19.6 Å². The number of ketones is 1. The van der Waals surface area contributed by atoms with Crippen molar-refractivity contribution in [3.05, 3.63) is 47.7 Å². The second-order valence-corrected chi connectivity index (χ2v) is 10.7. The maximum absolute atomic E-state index is 11.3. The number of hydrogen-bond donors (Lipinski definition) is 0. The maximum atomic E-state index is 11.3. The number of Topliss-reactive ketones (excluding diaryl/α,β-unsaturated/α-hetero) is 1. The van der Waals surface area contributed by atoms with Gasteiger partial charge in [0, 0.05) is 12.3 Å². The Morgan fingerprint density at radius 3 is 2.29 bits per heavy atom. The van der Waals surface area contributed by atoms with Gasteiger partial charge in [0.05, 0.1) is 8.07 Å². The molecule has 1 aromatic carbocycles. The van der Waals surface area contributed by atoms with Crippen LogP contribution in [0.25, 0.3) is 0 Å².